The second kappa shape index (κ2) is 8.85. The van der Waals surface area contributed by atoms with E-state index in [2.05, 4.69) is 58.4 Å². The van der Waals surface area contributed by atoms with E-state index in [-0.39, 0.29) is 11.7 Å². The van der Waals surface area contributed by atoms with E-state index in [0.717, 1.165) is 31.4 Å². The number of hydrogen-bond acceptors (Lipinski definition) is 4. The first-order chi connectivity index (χ1) is 15.6. The summed E-state index contributed by atoms with van der Waals surface area (Å²) in [6.45, 7) is 2.58. The van der Waals surface area contributed by atoms with Crippen molar-refractivity contribution in [2.24, 2.45) is 5.92 Å². The summed E-state index contributed by atoms with van der Waals surface area (Å²) >= 11 is 0. The van der Waals surface area contributed by atoms with E-state index in [0.29, 0.717) is 10.4 Å². The summed E-state index contributed by atoms with van der Waals surface area (Å²) in [5.74, 6) is 0.314. The Kier molecular flexibility index (Phi) is 5.77. The first-order valence-corrected chi connectivity index (χ1v) is 12.7. The quantitative estimate of drug-likeness (QED) is 0.412. The normalized spacial score (nSPS) is 17.1. The van der Waals surface area contributed by atoms with Crippen molar-refractivity contribution in [2.75, 3.05) is 18.8 Å². The van der Waals surface area contributed by atoms with Crippen LogP contribution in [0.25, 0.3) is 22.0 Å². The number of nitrogens with zero attached hydrogens (tertiary/aromatic N) is 2. The van der Waals surface area contributed by atoms with Gasteiger partial charge in [0.15, 0.2) is 9.84 Å². The number of benzene rings is 3. The molecule has 5 rings (SSSR count). The summed E-state index contributed by atoms with van der Waals surface area (Å²) in [5, 5.41) is 0.862. The molecule has 0 N–H and O–H groups in total. The van der Waals surface area contributed by atoms with Gasteiger partial charge in [-0.25, -0.2) is 8.42 Å². The van der Waals surface area contributed by atoms with Gasteiger partial charge in [0.25, 0.3) is 0 Å². The van der Waals surface area contributed by atoms with Crippen LogP contribution in [0.1, 0.15) is 12.0 Å². The topological polar surface area (TPSA) is 50.3 Å². The van der Waals surface area contributed by atoms with Crippen LogP contribution in [0.4, 0.5) is 0 Å². The third-order valence-electron chi connectivity index (χ3n) is 6.22. The zero-order valence-electron chi connectivity index (χ0n) is 17.9. The second-order valence-electron chi connectivity index (χ2n) is 8.57. The van der Waals surface area contributed by atoms with Crippen LogP contribution >= 0.6 is 0 Å². The van der Waals surface area contributed by atoms with Gasteiger partial charge in [-0.3, -0.25) is 9.88 Å². The highest BCUT2D eigenvalue weighted by atomic mass is 32.2. The molecule has 0 aliphatic carbocycles. The van der Waals surface area contributed by atoms with E-state index < -0.39 is 9.84 Å². The van der Waals surface area contributed by atoms with Crippen molar-refractivity contribution in [3.05, 3.63) is 96.7 Å². The fourth-order valence-electron chi connectivity index (χ4n) is 4.61. The number of sulfone groups is 1. The summed E-state index contributed by atoms with van der Waals surface area (Å²) in [6, 6.07) is 28.2. The highest BCUT2D eigenvalue weighted by Gasteiger charge is 2.29. The predicted octanol–water partition coefficient (Wildman–Crippen LogP) is 5.20. The molecule has 0 amide bonds. The van der Waals surface area contributed by atoms with Gasteiger partial charge in [-0.2, -0.15) is 0 Å². The highest BCUT2D eigenvalue weighted by Crippen LogP contribution is 2.27. The van der Waals surface area contributed by atoms with Crippen LogP contribution in [0.15, 0.2) is 96.0 Å². The zero-order valence-corrected chi connectivity index (χ0v) is 18.7. The van der Waals surface area contributed by atoms with Gasteiger partial charge >= 0.3 is 0 Å². The van der Waals surface area contributed by atoms with Crippen molar-refractivity contribution in [3.63, 3.8) is 0 Å². The Morgan fingerprint density at radius 2 is 1.59 bits per heavy atom. The molecule has 1 aromatic heterocycles. The Balaban J connectivity index is 1.24. The Bertz CT molecular complexity index is 1310. The SMILES string of the molecule is O=S(=O)(C[C@@H]1CCN(Cc2ccc(-c3ccccc3)cc2)C1)c1cccc2cccnc12. The summed E-state index contributed by atoms with van der Waals surface area (Å²) in [7, 11) is -3.39. The van der Waals surface area contributed by atoms with E-state index in [9.17, 15) is 8.42 Å². The molecular formula is C27H26N2O2S. The minimum absolute atomic E-state index is 0.141. The third kappa shape index (κ3) is 4.45. The van der Waals surface area contributed by atoms with Gasteiger partial charge in [0.05, 0.1) is 16.2 Å². The fourth-order valence-corrected chi connectivity index (χ4v) is 6.43. The molecule has 0 saturated carbocycles. The molecule has 0 unspecified atom stereocenters. The molecule has 162 valence electrons. The van der Waals surface area contributed by atoms with E-state index >= 15 is 0 Å². The summed E-state index contributed by atoms with van der Waals surface area (Å²) in [5.41, 5.74) is 4.26. The summed E-state index contributed by atoms with van der Waals surface area (Å²) < 4.78 is 26.4. The lowest BCUT2D eigenvalue weighted by Crippen LogP contribution is -2.23. The van der Waals surface area contributed by atoms with Crippen LogP contribution in [0.5, 0.6) is 0 Å². The number of likely N-dealkylation sites (tertiary alicyclic amines) is 1. The Labute approximate surface area is 189 Å². The molecule has 0 spiro atoms. The minimum atomic E-state index is -3.39. The van der Waals surface area contributed by atoms with Crippen molar-refractivity contribution < 1.29 is 8.42 Å². The molecule has 1 aliphatic heterocycles. The third-order valence-corrected chi connectivity index (χ3v) is 8.13. The lowest BCUT2D eigenvalue weighted by Gasteiger charge is -2.17. The van der Waals surface area contributed by atoms with E-state index in [1.54, 1.807) is 18.3 Å². The van der Waals surface area contributed by atoms with Crippen molar-refractivity contribution in [3.8, 4) is 11.1 Å². The maximum atomic E-state index is 13.2. The van der Waals surface area contributed by atoms with Gasteiger partial charge in [0.2, 0.25) is 0 Å². The monoisotopic (exact) mass is 442 g/mol. The number of pyridine rings is 1. The molecule has 2 heterocycles. The van der Waals surface area contributed by atoms with Crippen molar-refractivity contribution in [1.82, 2.24) is 9.88 Å². The summed E-state index contributed by atoms with van der Waals surface area (Å²) in [6.07, 6.45) is 2.56. The lowest BCUT2D eigenvalue weighted by atomic mass is 10.0. The molecule has 1 fully saturated rings. The van der Waals surface area contributed by atoms with Gasteiger partial charge in [0, 0.05) is 24.7 Å². The molecule has 1 saturated heterocycles. The van der Waals surface area contributed by atoms with Crippen LogP contribution in [-0.2, 0) is 16.4 Å². The number of hydrogen-bond donors (Lipinski definition) is 0. The van der Waals surface area contributed by atoms with Gasteiger partial charge in [-0.15, -0.1) is 0 Å². The summed E-state index contributed by atoms with van der Waals surface area (Å²) in [4.78, 5) is 7.04. The second-order valence-corrected chi connectivity index (χ2v) is 10.6. The van der Waals surface area contributed by atoms with E-state index in [1.807, 2.05) is 24.3 Å². The Morgan fingerprint density at radius 1 is 0.844 bits per heavy atom. The first-order valence-electron chi connectivity index (χ1n) is 11.0. The standard InChI is InChI=1S/C27H26N2O2S/c30-32(31,26-10-4-8-25-9-5-16-28-27(25)26)20-22-15-17-29(19-22)18-21-11-13-24(14-12-21)23-6-2-1-3-7-23/h1-14,16,22H,15,17-20H2/t22-/m1/s1. The maximum absolute atomic E-state index is 13.2. The van der Waals surface area contributed by atoms with Crippen LogP contribution in [0.3, 0.4) is 0 Å². The number of aromatic nitrogens is 1. The molecular weight excluding hydrogens is 416 g/mol. The van der Waals surface area contributed by atoms with Crippen LogP contribution in [0, 0.1) is 5.92 Å². The number of rotatable bonds is 6. The molecule has 1 aliphatic rings. The van der Waals surface area contributed by atoms with Gasteiger partial charge in [-0.1, -0.05) is 72.8 Å². The zero-order chi connectivity index (χ0) is 22.0. The first kappa shape index (κ1) is 20.9. The molecule has 1 atom stereocenters. The fraction of sp³-hybridized carbons (Fsp3) is 0.222. The molecule has 32 heavy (non-hydrogen) atoms. The lowest BCUT2D eigenvalue weighted by molar-refractivity contribution is 0.320. The minimum Gasteiger partial charge on any atom is -0.299 e. The van der Waals surface area contributed by atoms with Gasteiger partial charge < -0.3 is 0 Å². The molecule has 3 aromatic carbocycles. The number of para-hydroxylation sites is 1. The van der Waals surface area contributed by atoms with Crippen molar-refractivity contribution >= 4 is 20.7 Å². The van der Waals surface area contributed by atoms with Crippen LogP contribution < -0.4 is 0 Å². The number of fused-ring (bicyclic) bond motifs is 1. The van der Waals surface area contributed by atoms with E-state index in [1.165, 1.54) is 16.7 Å². The highest BCUT2D eigenvalue weighted by molar-refractivity contribution is 7.91. The average Bonchev–Trinajstić information content (AvgIpc) is 3.25. The van der Waals surface area contributed by atoms with Crippen LogP contribution in [0.2, 0.25) is 0 Å². The molecule has 4 aromatic rings. The van der Waals surface area contributed by atoms with Gasteiger partial charge in [-0.05, 0) is 47.7 Å². The smallest absolute Gasteiger partial charge is 0.180 e. The van der Waals surface area contributed by atoms with Gasteiger partial charge in [0.1, 0.15) is 0 Å². The molecule has 5 heteroatoms. The Hall–Kier alpha value is -3.02. The van der Waals surface area contributed by atoms with Crippen molar-refractivity contribution in [1.29, 1.82) is 0 Å². The predicted molar refractivity (Wildman–Crippen MR) is 129 cm³/mol. The molecule has 4 nitrogen and oxygen atoms in total. The Morgan fingerprint density at radius 3 is 2.41 bits per heavy atom. The average molecular weight is 443 g/mol. The van der Waals surface area contributed by atoms with Crippen LogP contribution in [-0.4, -0.2) is 37.1 Å². The van der Waals surface area contributed by atoms with Crippen molar-refractivity contribution in [2.45, 2.75) is 17.9 Å². The maximum Gasteiger partial charge on any atom is 0.180 e. The van der Waals surface area contributed by atoms with E-state index in [4.69, 9.17) is 0 Å². The molecule has 0 bridgehead atoms. The molecule has 0 radical (unpaired) electrons. The largest absolute Gasteiger partial charge is 0.299 e.